The van der Waals surface area contributed by atoms with Crippen molar-refractivity contribution in [3.8, 4) is 11.3 Å². The molecule has 0 amide bonds. The molecule has 2 N–H and O–H groups in total. The quantitative estimate of drug-likeness (QED) is 0.585. The van der Waals surface area contributed by atoms with Crippen LogP contribution in [0, 0.1) is 9.62 Å². The summed E-state index contributed by atoms with van der Waals surface area (Å²) in [6, 6.07) is 16.6. The van der Waals surface area contributed by atoms with Crippen LogP contribution in [0.5, 0.6) is 0 Å². The molecule has 0 atom stereocenters. The molecule has 3 rings (SSSR count). The zero-order chi connectivity index (χ0) is 16.8. The second-order valence-corrected chi connectivity index (χ2v) is 6.14. The number of nitrogens with zero attached hydrogens (tertiary/aromatic N) is 2. The van der Waals surface area contributed by atoms with Gasteiger partial charge >= 0.3 is 94.2 Å². The van der Waals surface area contributed by atoms with E-state index in [0.29, 0.717) is 6.54 Å². The second-order valence-electron chi connectivity index (χ2n) is 5.12. The minimum atomic E-state index is -0.216. The van der Waals surface area contributed by atoms with Gasteiger partial charge in [0.25, 0.3) is 0 Å². The van der Waals surface area contributed by atoms with Gasteiger partial charge in [0.1, 0.15) is 5.82 Å². The zero-order valence-electron chi connectivity index (χ0n) is 13.1. The number of rotatable bonds is 2. The van der Waals surface area contributed by atoms with E-state index in [2.05, 4.69) is 73.0 Å². The van der Waals surface area contributed by atoms with Crippen molar-refractivity contribution in [3.05, 3.63) is 76.0 Å². The van der Waals surface area contributed by atoms with Crippen LogP contribution in [-0.4, -0.2) is 9.13 Å². The van der Waals surface area contributed by atoms with Crippen molar-refractivity contribution >= 4 is 0 Å². The Balaban J connectivity index is 0.000000185. The molecule has 0 bridgehead atoms. The van der Waals surface area contributed by atoms with Crippen molar-refractivity contribution in [1.29, 1.82) is 0 Å². The summed E-state index contributed by atoms with van der Waals surface area (Å²) in [7, 11) is 4.15. The Morgan fingerprint density at radius 1 is 1.00 bits per heavy atom. The van der Waals surface area contributed by atoms with Crippen LogP contribution in [0.15, 0.2) is 60.8 Å². The molecule has 0 saturated carbocycles. The van der Waals surface area contributed by atoms with Gasteiger partial charge in [-0.3, -0.25) is 0 Å². The Bertz CT molecular complexity index is 805. The van der Waals surface area contributed by atoms with E-state index in [1.165, 1.54) is 27.2 Å². The number of nitrogens with two attached hydrogens (primary N) is 1. The molecule has 0 unspecified atom stereocenters. The normalized spacial score (nSPS) is 10.2. The molecule has 2 aromatic carbocycles. The second kappa shape index (κ2) is 8.18. The van der Waals surface area contributed by atoms with Gasteiger partial charge in [0, 0.05) is 6.54 Å². The molecule has 3 nitrogen and oxygen atoms in total. The van der Waals surface area contributed by atoms with Gasteiger partial charge in [-0.25, -0.2) is 4.39 Å². The Morgan fingerprint density at radius 3 is 2.09 bits per heavy atom. The molecule has 0 aliphatic rings. The maximum Gasteiger partial charge on any atom is 0.123 e. The van der Waals surface area contributed by atoms with Gasteiger partial charge in [-0.1, -0.05) is 12.1 Å². The summed E-state index contributed by atoms with van der Waals surface area (Å²) in [5.74, 6) is -0.216. The van der Waals surface area contributed by atoms with Crippen molar-refractivity contribution in [3.63, 3.8) is 0 Å². The molecule has 1 aromatic heterocycles. The summed E-state index contributed by atoms with van der Waals surface area (Å²) in [6.45, 7) is 0.472. The summed E-state index contributed by atoms with van der Waals surface area (Å²) >= 11 is 2.33. The summed E-state index contributed by atoms with van der Waals surface area (Å²) in [4.78, 5) is 0. The fourth-order valence-corrected chi connectivity index (χ4v) is 2.57. The van der Waals surface area contributed by atoms with Crippen molar-refractivity contribution in [2.75, 3.05) is 0 Å². The minimum Gasteiger partial charge on any atom is -0.326 e. The molecule has 0 radical (unpaired) electrons. The van der Waals surface area contributed by atoms with E-state index >= 15 is 0 Å². The number of hydrogen-bond acceptors (Lipinski definition) is 1. The Labute approximate surface area is 146 Å². The van der Waals surface area contributed by atoms with E-state index in [1.54, 1.807) is 12.1 Å². The molecule has 1 heterocycles. The number of aryl methyl sites for hydroxylation is 1. The molecule has 124 valence electrons. The molecule has 5 heteroatoms. The van der Waals surface area contributed by atoms with Gasteiger partial charge in [0.15, 0.2) is 0 Å². The van der Waals surface area contributed by atoms with Gasteiger partial charge in [-0.2, -0.15) is 0 Å². The van der Waals surface area contributed by atoms with Crippen LogP contribution in [-0.2, 0) is 40.0 Å². The molecule has 3 aromatic rings. The molecule has 0 aliphatic heterocycles. The van der Waals surface area contributed by atoms with Gasteiger partial charge in [-0.15, -0.1) is 0 Å². The molecule has 0 aliphatic carbocycles. The van der Waals surface area contributed by atoms with Crippen LogP contribution >= 0.6 is 0 Å². The fraction of sp³-hybridized carbons (Fsp3) is 0.167. The molecule has 0 fully saturated rings. The summed E-state index contributed by atoms with van der Waals surface area (Å²) in [6.07, 6.45) is 2.15. The van der Waals surface area contributed by atoms with E-state index in [-0.39, 0.29) is 5.82 Å². The van der Waals surface area contributed by atoms with Crippen molar-refractivity contribution < 1.29 is 23.7 Å². The number of hydrogen-bond donors (Lipinski definition) is 1. The number of benzene rings is 2. The van der Waals surface area contributed by atoms with E-state index in [9.17, 15) is 4.39 Å². The third-order valence-corrected chi connectivity index (χ3v) is 4.98. The minimum absolute atomic E-state index is 0.216. The van der Waals surface area contributed by atoms with Crippen molar-refractivity contribution in [2.24, 2.45) is 19.8 Å². The topological polar surface area (TPSA) is 35.9 Å². The Hall–Kier alpha value is -1.77. The van der Waals surface area contributed by atoms with Crippen LogP contribution < -0.4 is 5.73 Å². The van der Waals surface area contributed by atoms with Crippen LogP contribution in [0.2, 0.25) is 0 Å². The predicted octanol–water partition coefficient (Wildman–Crippen LogP) is 3.39. The predicted molar refractivity (Wildman–Crippen MR) is 87.4 cm³/mol. The summed E-state index contributed by atoms with van der Waals surface area (Å²) in [5.41, 5.74) is 8.74. The first-order valence-corrected chi connectivity index (χ1v) is 8.34. The first kappa shape index (κ1) is 17.6. The zero-order valence-corrected chi connectivity index (χ0v) is 15.4. The monoisotopic (exact) mass is 492 g/mol. The van der Waals surface area contributed by atoms with Gasteiger partial charge in [0.2, 0.25) is 0 Å². The standard InChI is InChI=1S/C11H12N2.C7H8FN.Pt/c1-12-8-11(13(2)9-12)10-6-4-3-5-7-10;8-7-3-1-6(5-9)2-4-7;/h3-8H,1-2H3;1-4H,5,9H2;. The van der Waals surface area contributed by atoms with Crippen LogP contribution in [0.3, 0.4) is 0 Å². The summed E-state index contributed by atoms with van der Waals surface area (Å²) in [5, 5.41) is 0. The van der Waals surface area contributed by atoms with Crippen LogP contribution in [0.25, 0.3) is 11.3 Å². The number of aromatic nitrogens is 2. The first-order valence-electron chi connectivity index (χ1n) is 7.20. The number of imidazole rings is 1. The Kier molecular flexibility index (Phi) is 6.26. The average Bonchev–Trinajstić information content (AvgIpc) is 2.84. The van der Waals surface area contributed by atoms with Crippen molar-refractivity contribution in [1.82, 2.24) is 9.13 Å². The van der Waals surface area contributed by atoms with Gasteiger partial charge in [0.05, 0.1) is 0 Å². The van der Waals surface area contributed by atoms with Crippen molar-refractivity contribution in [2.45, 2.75) is 6.54 Å². The van der Waals surface area contributed by atoms with E-state index in [1.807, 2.05) is 6.07 Å². The third-order valence-electron chi connectivity index (χ3n) is 3.42. The maximum absolute atomic E-state index is 12.2. The van der Waals surface area contributed by atoms with E-state index in [0.717, 1.165) is 5.56 Å². The smallest absolute Gasteiger partial charge is 0.123 e. The van der Waals surface area contributed by atoms with Gasteiger partial charge in [-0.05, 0) is 17.7 Å². The van der Waals surface area contributed by atoms with E-state index < -0.39 is 0 Å². The first-order chi connectivity index (χ1) is 11.0. The third kappa shape index (κ3) is 4.60. The molecular weight excluding hydrogens is 472 g/mol. The number of halogens is 1. The fourth-order valence-electron chi connectivity index (χ4n) is 2.15. The molecule has 0 saturated heterocycles. The largest absolute Gasteiger partial charge is 0.326 e. The van der Waals surface area contributed by atoms with E-state index in [4.69, 9.17) is 5.73 Å². The van der Waals surface area contributed by atoms with Crippen LogP contribution in [0.4, 0.5) is 4.39 Å². The average molecular weight is 492 g/mol. The molecule has 0 spiro atoms. The summed E-state index contributed by atoms with van der Waals surface area (Å²) < 4.78 is 17.7. The van der Waals surface area contributed by atoms with Gasteiger partial charge < -0.3 is 5.73 Å². The Morgan fingerprint density at radius 2 is 1.61 bits per heavy atom. The molecule has 23 heavy (non-hydrogen) atoms. The SMILES string of the molecule is Cn1cc(-c2ccccc2)n(C)[c]1=[Pt].NCc1ccc(F)cc1. The van der Waals surface area contributed by atoms with Crippen LogP contribution in [0.1, 0.15) is 5.56 Å². The maximum atomic E-state index is 12.2. The molecular formula is C18H20FN3Pt.